The van der Waals surface area contributed by atoms with Crippen molar-refractivity contribution in [1.82, 2.24) is 4.98 Å². The molecule has 0 unspecified atom stereocenters. The Bertz CT molecular complexity index is 359. The zero-order valence-electron chi connectivity index (χ0n) is 10.6. The molecular formula is C13H21N3O. The van der Waals surface area contributed by atoms with Crippen LogP contribution in [0, 0.1) is 0 Å². The lowest BCUT2D eigenvalue weighted by atomic mass is 9.93. The van der Waals surface area contributed by atoms with E-state index in [4.69, 9.17) is 0 Å². The Balaban J connectivity index is 2.03. The maximum atomic E-state index is 9.49. The summed E-state index contributed by atoms with van der Waals surface area (Å²) >= 11 is 0. The van der Waals surface area contributed by atoms with Gasteiger partial charge in [-0.3, -0.25) is 4.98 Å². The van der Waals surface area contributed by atoms with Crippen molar-refractivity contribution in [1.29, 1.82) is 0 Å². The SMILES string of the molecule is CN(C)c1ccncc1NC1CCC(O)CC1. The summed E-state index contributed by atoms with van der Waals surface area (Å²) < 4.78 is 0. The van der Waals surface area contributed by atoms with Gasteiger partial charge in [0.25, 0.3) is 0 Å². The number of rotatable bonds is 3. The molecule has 1 fully saturated rings. The molecular weight excluding hydrogens is 214 g/mol. The first-order chi connectivity index (χ1) is 8.16. The van der Waals surface area contributed by atoms with Crippen LogP contribution in [0.1, 0.15) is 25.7 Å². The number of aliphatic hydroxyl groups is 1. The normalized spacial score (nSPS) is 24.4. The molecule has 1 aliphatic rings. The minimum Gasteiger partial charge on any atom is -0.393 e. The predicted molar refractivity (Wildman–Crippen MR) is 70.4 cm³/mol. The van der Waals surface area contributed by atoms with Crippen LogP contribution < -0.4 is 10.2 Å². The first kappa shape index (κ1) is 12.2. The van der Waals surface area contributed by atoms with E-state index in [9.17, 15) is 5.11 Å². The van der Waals surface area contributed by atoms with Gasteiger partial charge in [0.1, 0.15) is 0 Å². The summed E-state index contributed by atoms with van der Waals surface area (Å²) in [4.78, 5) is 6.25. The number of hydrogen-bond acceptors (Lipinski definition) is 4. The van der Waals surface area contributed by atoms with Crippen molar-refractivity contribution in [2.45, 2.75) is 37.8 Å². The van der Waals surface area contributed by atoms with Gasteiger partial charge in [-0.2, -0.15) is 0 Å². The lowest BCUT2D eigenvalue weighted by Gasteiger charge is -2.28. The van der Waals surface area contributed by atoms with Crippen LogP contribution in [0.5, 0.6) is 0 Å². The van der Waals surface area contributed by atoms with Gasteiger partial charge in [0.05, 0.1) is 23.7 Å². The average Bonchev–Trinajstić information content (AvgIpc) is 2.32. The van der Waals surface area contributed by atoms with Crippen LogP contribution in [0.4, 0.5) is 11.4 Å². The van der Waals surface area contributed by atoms with E-state index in [-0.39, 0.29) is 6.10 Å². The van der Waals surface area contributed by atoms with Crippen molar-refractivity contribution < 1.29 is 5.11 Å². The zero-order chi connectivity index (χ0) is 12.3. The van der Waals surface area contributed by atoms with Crippen LogP contribution in [-0.4, -0.2) is 36.3 Å². The van der Waals surface area contributed by atoms with Gasteiger partial charge >= 0.3 is 0 Å². The number of pyridine rings is 1. The summed E-state index contributed by atoms with van der Waals surface area (Å²) in [5.41, 5.74) is 2.24. The first-order valence-corrected chi connectivity index (χ1v) is 6.22. The smallest absolute Gasteiger partial charge is 0.0766 e. The standard InChI is InChI=1S/C13H21N3O/c1-16(2)13-7-8-14-9-12(13)15-10-3-5-11(17)6-4-10/h7-11,15,17H,3-6H2,1-2H3. The monoisotopic (exact) mass is 235 g/mol. The Morgan fingerprint density at radius 2 is 2.00 bits per heavy atom. The van der Waals surface area contributed by atoms with E-state index in [1.165, 1.54) is 0 Å². The molecule has 0 bridgehead atoms. The summed E-state index contributed by atoms with van der Waals surface area (Å²) in [6.07, 6.45) is 7.44. The van der Waals surface area contributed by atoms with Crippen LogP contribution in [0.2, 0.25) is 0 Å². The molecule has 0 amide bonds. The predicted octanol–water partition coefficient (Wildman–Crippen LogP) is 1.86. The molecule has 1 aliphatic carbocycles. The van der Waals surface area contributed by atoms with Gasteiger partial charge in [0, 0.05) is 26.3 Å². The summed E-state index contributed by atoms with van der Waals surface area (Å²) in [6, 6.07) is 2.47. The quantitative estimate of drug-likeness (QED) is 0.839. The van der Waals surface area contributed by atoms with Crippen LogP contribution in [0.3, 0.4) is 0 Å². The van der Waals surface area contributed by atoms with E-state index >= 15 is 0 Å². The van der Waals surface area contributed by atoms with Crippen LogP contribution in [0.25, 0.3) is 0 Å². The molecule has 1 heterocycles. The van der Waals surface area contributed by atoms with E-state index in [0.717, 1.165) is 37.1 Å². The van der Waals surface area contributed by atoms with Crippen LogP contribution in [0.15, 0.2) is 18.5 Å². The van der Waals surface area contributed by atoms with Crippen molar-refractivity contribution in [2.24, 2.45) is 0 Å². The number of nitrogens with zero attached hydrogens (tertiary/aromatic N) is 2. The van der Waals surface area contributed by atoms with E-state index in [2.05, 4.69) is 15.2 Å². The van der Waals surface area contributed by atoms with Gasteiger partial charge in [0.15, 0.2) is 0 Å². The maximum Gasteiger partial charge on any atom is 0.0766 e. The lowest BCUT2D eigenvalue weighted by molar-refractivity contribution is 0.126. The molecule has 2 rings (SSSR count). The highest BCUT2D eigenvalue weighted by molar-refractivity contribution is 5.68. The van der Waals surface area contributed by atoms with Crippen LogP contribution in [-0.2, 0) is 0 Å². The molecule has 1 saturated carbocycles. The van der Waals surface area contributed by atoms with Gasteiger partial charge in [-0.1, -0.05) is 0 Å². The molecule has 1 aromatic heterocycles. The largest absolute Gasteiger partial charge is 0.393 e. The van der Waals surface area contributed by atoms with Gasteiger partial charge < -0.3 is 15.3 Å². The second kappa shape index (κ2) is 5.36. The van der Waals surface area contributed by atoms with E-state index < -0.39 is 0 Å². The average molecular weight is 235 g/mol. The lowest BCUT2D eigenvalue weighted by Crippen LogP contribution is -2.29. The van der Waals surface area contributed by atoms with E-state index in [1.54, 1.807) is 0 Å². The number of hydrogen-bond donors (Lipinski definition) is 2. The zero-order valence-corrected chi connectivity index (χ0v) is 10.6. The van der Waals surface area contributed by atoms with Gasteiger partial charge in [-0.15, -0.1) is 0 Å². The second-order valence-corrected chi connectivity index (χ2v) is 4.94. The maximum absolute atomic E-state index is 9.49. The van der Waals surface area contributed by atoms with Crippen LogP contribution >= 0.6 is 0 Å². The number of aromatic nitrogens is 1. The topological polar surface area (TPSA) is 48.4 Å². The molecule has 94 valence electrons. The van der Waals surface area contributed by atoms with Crippen molar-refractivity contribution >= 4 is 11.4 Å². The Hall–Kier alpha value is -1.29. The van der Waals surface area contributed by atoms with Crippen molar-refractivity contribution in [3.63, 3.8) is 0 Å². The first-order valence-electron chi connectivity index (χ1n) is 6.22. The van der Waals surface area contributed by atoms with Gasteiger partial charge in [0.2, 0.25) is 0 Å². The highest BCUT2D eigenvalue weighted by atomic mass is 16.3. The van der Waals surface area contributed by atoms with E-state index in [0.29, 0.717) is 6.04 Å². The molecule has 0 aliphatic heterocycles. The third-order valence-electron chi connectivity index (χ3n) is 3.34. The molecule has 4 heteroatoms. The van der Waals surface area contributed by atoms with Crippen molar-refractivity contribution in [3.8, 4) is 0 Å². The van der Waals surface area contributed by atoms with Gasteiger partial charge in [-0.05, 0) is 31.7 Å². The van der Waals surface area contributed by atoms with Crippen molar-refractivity contribution in [3.05, 3.63) is 18.5 Å². The molecule has 4 nitrogen and oxygen atoms in total. The Labute approximate surface area is 103 Å². The summed E-state index contributed by atoms with van der Waals surface area (Å²) in [5.74, 6) is 0. The summed E-state index contributed by atoms with van der Waals surface area (Å²) in [7, 11) is 4.07. The molecule has 0 radical (unpaired) electrons. The van der Waals surface area contributed by atoms with Crippen molar-refractivity contribution in [2.75, 3.05) is 24.3 Å². The molecule has 0 saturated heterocycles. The highest BCUT2D eigenvalue weighted by Gasteiger charge is 2.20. The minimum absolute atomic E-state index is 0.102. The second-order valence-electron chi connectivity index (χ2n) is 4.94. The molecule has 2 N–H and O–H groups in total. The third kappa shape index (κ3) is 3.09. The Morgan fingerprint density at radius 3 is 2.65 bits per heavy atom. The number of anilines is 2. The number of nitrogens with one attached hydrogen (secondary N) is 1. The Morgan fingerprint density at radius 1 is 1.29 bits per heavy atom. The molecule has 17 heavy (non-hydrogen) atoms. The number of aliphatic hydroxyl groups excluding tert-OH is 1. The minimum atomic E-state index is -0.102. The third-order valence-corrected chi connectivity index (χ3v) is 3.34. The molecule has 0 spiro atoms. The fraction of sp³-hybridized carbons (Fsp3) is 0.615. The molecule has 0 aromatic carbocycles. The summed E-state index contributed by atoms with van der Waals surface area (Å²) in [5, 5.41) is 13.0. The fourth-order valence-electron chi connectivity index (χ4n) is 2.33. The van der Waals surface area contributed by atoms with E-state index in [1.807, 2.05) is 32.6 Å². The summed E-state index contributed by atoms with van der Waals surface area (Å²) in [6.45, 7) is 0. The molecule has 0 atom stereocenters. The fourth-order valence-corrected chi connectivity index (χ4v) is 2.33. The molecule has 1 aromatic rings. The highest BCUT2D eigenvalue weighted by Crippen LogP contribution is 2.27. The Kier molecular flexibility index (Phi) is 3.84. The van der Waals surface area contributed by atoms with Gasteiger partial charge in [-0.25, -0.2) is 0 Å².